The first kappa shape index (κ1) is 14.2. The number of aryl methyl sites for hydroxylation is 1. The Morgan fingerprint density at radius 1 is 1.37 bits per heavy atom. The number of nitrogens with one attached hydrogen (secondary N) is 1. The Morgan fingerprint density at radius 2 is 2.16 bits per heavy atom. The van der Waals surface area contributed by atoms with E-state index in [1.165, 1.54) is 11.1 Å². The Labute approximate surface area is 111 Å². The lowest BCUT2D eigenvalue weighted by Gasteiger charge is -2.12. The van der Waals surface area contributed by atoms with Gasteiger partial charge in [-0.15, -0.1) is 0 Å². The zero-order chi connectivity index (χ0) is 13.9. The molecular formula is C14H18F3NO. The second-order valence-electron chi connectivity index (χ2n) is 4.81. The van der Waals surface area contributed by atoms with Crippen LogP contribution in [0.15, 0.2) is 18.2 Å². The fourth-order valence-electron chi connectivity index (χ4n) is 2.45. The van der Waals surface area contributed by atoms with Crippen molar-refractivity contribution in [2.24, 2.45) is 0 Å². The maximum Gasteiger partial charge on any atom is 0.389 e. The molecule has 0 bridgehead atoms. The Bertz CT molecular complexity index is 431. The van der Waals surface area contributed by atoms with Gasteiger partial charge in [0.05, 0.1) is 6.61 Å². The molecule has 0 heterocycles. The van der Waals surface area contributed by atoms with E-state index < -0.39 is 12.6 Å². The van der Waals surface area contributed by atoms with E-state index in [0.29, 0.717) is 11.8 Å². The normalized spacial score (nSPS) is 18.4. The summed E-state index contributed by atoms with van der Waals surface area (Å²) in [5.74, 6) is 0.665. The summed E-state index contributed by atoms with van der Waals surface area (Å²) in [4.78, 5) is 0. The maximum atomic E-state index is 12.0. The van der Waals surface area contributed by atoms with Gasteiger partial charge in [0.1, 0.15) is 5.75 Å². The Morgan fingerprint density at radius 3 is 2.84 bits per heavy atom. The van der Waals surface area contributed by atoms with Crippen molar-refractivity contribution in [2.45, 2.75) is 37.9 Å². The van der Waals surface area contributed by atoms with Crippen molar-refractivity contribution in [3.8, 4) is 5.75 Å². The third-order valence-electron chi connectivity index (χ3n) is 3.41. The van der Waals surface area contributed by atoms with Crippen LogP contribution < -0.4 is 10.1 Å². The van der Waals surface area contributed by atoms with Crippen LogP contribution in [0.5, 0.6) is 5.75 Å². The highest BCUT2D eigenvalue weighted by Crippen LogP contribution is 2.33. The standard InChI is InChI=1S/C14H18F3NO/c1-18-13-6-3-10-9-11(4-5-12(10)13)19-8-2-7-14(15,16)17/h4-5,9,13,18H,2-3,6-8H2,1H3. The van der Waals surface area contributed by atoms with Crippen molar-refractivity contribution in [3.05, 3.63) is 29.3 Å². The lowest BCUT2D eigenvalue weighted by Crippen LogP contribution is -2.12. The summed E-state index contributed by atoms with van der Waals surface area (Å²) in [6, 6.07) is 6.17. The average Bonchev–Trinajstić information content (AvgIpc) is 2.75. The molecule has 1 unspecified atom stereocenters. The summed E-state index contributed by atoms with van der Waals surface area (Å²) >= 11 is 0. The van der Waals surface area contributed by atoms with Crippen LogP contribution in [-0.2, 0) is 6.42 Å². The largest absolute Gasteiger partial charge is 0.494 e. The maximum absolute atomic E-state index is 12.0. The van der Waals surface area contributed by atoms with E-state index in [4.69, 9.17) is 4.74 Å². The van der Waals surface area contributed by atoms with Gasteiger partial charge < -0.3 is 10.1 Å². The number of benzene rings is 1. The van der Waals surface area contributed by atoms with Crippen LogP contribution in [0, 0.1) is 0 Å². The minimum absolute atomic E-state index is 0.000273. The molecule has 0 aliphatic heterocycles. The summed E-state index contributed by atoms with van der Waals surface area (Å²) in [5, 5.41) is 3.24. The Balaban J connectivity index is 1.86. The van der Waals surface area contributed by atoms with Gasteiger partial charge in [0, 0.05) is 12.5 Å². The van der Waals surface area contributed by atoms with Crippen molar-refractivity contribution >= 4 is 0 Å². The van der Waals surface area contributed by atoms with Crippen LogP contribution in [0.25, 0.3) is 0 Å². The molecule has 2 rings (SSSR count). The molecule has 1 atom stereocenters. The lowest BCUT2D eigenvalue weighted by atomic mass is 10.1. The molecule has 0 fully saturated rings. The van der Waals surface area contributed by atoms with E-state index in [1.807, 2.05) is 25.2 Å². The molecule has 5 heteroatoms. The van der Waals surface area contributed by atoms with Gasteiger partial charge in [-0.2, -0.15) is 13.2 Å². The van der Waals surface area contributed by atoms with Crippen molar-refractivity contribution in [1.29, 1.82) is 0 Å². The van der Waals surface area contributed by atoms with Gasteiger partial charge in [-0.3, -0.25) is 0 Å². The van der Waals surface area contributed by atoms with Crippen molar-refractivity contribution < 1.29 is 17.9 Å². The SMILES string of the molecule is CNC1CCc2cc(OCCCC(F)(F)F)ccc21. The lowest BCUT2D eigenvalue weighted by molar-refractivity contribution is -0.136. The molecule has 1 aromatic rings. The molecule has 19 heavy (non-hydrogen) atoms. The molecule has 106 valence electrons. The topological polar surface area (TPSA) is 21.3 Å². The van der Waals surface area contributed by atoms with Gasteiger partial charge in [0.25, 0.3) is 0 Å². The fourth-order valence-corrected chi connectivity index (χ4v) is 2.45. The monoisotopic (exact) mass is 273 g/mol. The summed E-state index contributed by atoms with van der Waals surface area (Å²) in [7, 11) is 1.93. The molecule has 0 saturated carbocycles. The molecule has 0 aromatic heterocycles. The second kappa shape index (κ2) is 5.82. The number of hydrogen-bond donors (Lipinski definition) is 1. The van der Waals surface area contributed by atoms with E-state index in [1.54, 1.807) is 0 Å². The smallest absolute Gasteiger partial charge is 0.389 e. The summed E-state index contributed by atoms with van der Waals surface area (Å²) in [6.07, 6.45) is -2.84. The van der Waals surface area contributed by atoms with Crippen LogP contribution >= 0.6 is 0 Å². The number of hydrogen-bond acceptors (Lipinski definition) is 2. The average molecular weight is 273 g/mol. The number of fused-ring (bicyclic) bond motifs is 1. The molecular weight excluding hydrogens is 255 g/mol. The van der Waals surface area contributed by atoms with E-state index in [-0.39, 0.29) is 13.0 Å². The highest BCUT2D eigenvalue weighted by Gasteiger charge is 2.26. The molecule has 1 aliphatic rings. The molecule has 0 spiro atoms. The van der Waals surface area contributed by atoms with Crippen molar-refractivity contribution in [2.75, 3.05) is 13.7 Å². The van der Waals surface area contributed by atoms with E-state index in [0.717, 1.165) is 12.8 Å². The van der Waals surface area contributed by atoms with Crippen LogP contribution in [0.4, 0.5) is 13.2 Å². The van der Waals surface area contributed by atoms with Crippen LogP contribution in [0.2, 0.25) is 0 Å². The second-order valence-corrected chi connectivity index (χ2v) is 4.81. The minimum atomic E-state index is -4.10. The van der Waals surface area contributed by atoms with Gasteiger partial charge in [-0.25, -0.2) is 0 Å². The van der Waals surface area contributed by atoms with Gasteiger partial charge in [0.15, 0.2) is 0 Å². The number of halogens is 3. The van der Waals surface area contributed by atoms with Crippen molar-refractivity contribution in [3.63, 3.8) is 0 Å². The molecule has 1 aliphatic carbocycles. The highest BCUT2D eigenvalue weighted by molar-refractivity contribution is 5.40. The minimum Gasteiger partial charge on any atom is -0.494 e. The molecule has 1 aromatic carbocycles. The van der Waals surface area contributed by atoms with Crippen LogP contribution in [-0.4, -0.2) is 19.8 Å². The predicted molar refractivity (Wildman–Crippen MR) is 67.3 cm³/mol. The Kier molecular flexibility index (Phi) is 4.34. The Hall–Kier alpha value is -1.23. The number of alkyl halides is 3. The first-order valence-corrected chi connectivity index (χ1v) is 6.49. The summed E-state index contributed by atoms with van der Waals surface area (Å²) < 4.78 is 41.3. The molecule has 0 amide bonds. The van der Waals surface area contributed by atoms with Gasteiger partial charge in [0.2, 0.25) is 0 Å². The molecule has 1 N–H and O–H groups in total. The first-order valence-electron chi connectivity index (χ1n) is 6.49. The number of rotatable bonds is 5. The van der Waals surface area contributed by atoms with Gasteiger partial charge in [-0.05, 0) is 49.6 Å². The van der Waals surface area contributed by atoms with E-state index in [2.05, 4.69) is 5.32 Å². The third kappa shape index (κ3) is 3.86. The van der Waals surface area contributed by atoms with Crippen LogP contribution in [0.3, 0.4) is 0 Å². The molecule has 2 nitrogen and oxygen atoms in total. The predicted octanol–water partition coefficient (Wildman–Crippen LogP) is 3.61. The molecule has 0 radical (unpaired) electrons. The van der Waals surface area contributed by atoms with Crippen molar-refractivity contribution in [1.82, 2.24) is 5.32 Å². The first-order chi connectivity index (χ1) is 8.99. The van der Waals surface area contributed by atoms with Crippen LogP contribution in [0.1, 0.15) is 36.4 Å². The zero-order valence-electron chi connectivity index (χ0n) is 10.9. The highest BCUT2D eigenvalue weighted by atomic mass is 19.4. The van der Waals surface area contributed by atoms with E-state index >= 15 is 0 Å². The fraction of sp³-hybridized carbons (Fsp3) is 0.571. The third-order valence-corrected chi connectivity index (χ3v) is 3.41. The van der Waals surface area contributed by atoms with Gasteiger partial charge >= 0.3 is 6.18 Å². The molecule has 0 saturated heterocycles. The summed E-state index contributed by atoms with van der Waals surface area (Å²) in [5.41, 5.74) is 2.50. The number of ether oxygens (including phenoxy) is 1. The van der Waals surface area contributed by atoms with Gasteiger partial charge in [-0.1, -0.05) is 6.07 Å². The zero-order valence-corrected chi connectivity index (χ0v) is 10.9. The summed E-state index contributed by atoms with van der Waals surface area (Å²) in [6.45, 7) is 0.105. The van der Waals surface area contributed by atoms with E-state index in [9.17, 15) is 13.2 Å². The quantitative estimate of drug-likeness (QED) is 0.827.